The van der Waals surface area contributed by atoms with Crippen LogP contribution in [-0.4, -0.2) is 41.0 Å². The van der Waals surface area contributed by atoms with Crippen molar-refractivity contribution in [3.63, 3.8) is 0 Å². The Morgan fingerprint density at radius 3 is 2.85 bits per heavy atom. The van der Waals surface area contributed by atoms with Crippen molar-refractivity contribution >= 4 is 17.3 Å². The van der Waals surface area contributed by atoms with E-state index in [9.17, 15) is 10.1 Å². The number of likely N-dealkylation sites (N-methyl/N-ethyl adjacent to an activating group) is 1. The van der Waals surface area contributed by atoms with Crippen LogP contribution in [-0.2, 0) is 0 Å². The average molecular weight is 279 g/mol. The summed E-state index contributed by atoms with van der Waals surface area (Å²) in [5.74, 6) is 0.613. The van der Waals surface area contributed by atoms with Gasteiger partial charge in [0.1, 0.15) is 11.6 Å². The molecule has 0 bridgehead atoms. The minimum atomic E-state index is -0.464. The highest BCUT2D eigenvalue weighted by molar-refractivity contribution is 5.52. The predicted octanol–water partition coefficient (Wildman–Crippen LogP) is 1.86. The molecule has 1 fully saturated rings. The van der Waals surface area contributed by atoms with Gasteiger partial charge < -0.3 is 16.0 Å². The van der Waals surface area contributed by atoms with Gasteiger partial charge in [-0.2, -0.15) is 0 Å². The van der Waals surface area contributed by atoms with Crippen molar-refractivity contribution in [3.8, 4) is 0 Å². The summed E-state index contributed by atoms with van der Waals surface area (Å²) < 4.78 is 0. The molecule has 1 saturated carbocycles. The molecule has 1 aliphatic carbocycles. The number of hydrogen-bond donors (Lipinski definition) is 2. The van der Waals surface area contributed by atoms with Gasteiger partial charge in [-0.1, -0.05) is 12.8 Å². The first-order valence-electron chi connectivity index (χ1n) is 6.92. The number of nitrogens with two attached hydrogens (primary N) is 1. The van der Waals surface area contributed by atoms with Gasteiger partial charge in [-0.15, -0.1) is 0 Å². The van der Waals surface area contributed by atoms with Gasteiger partial charge in [0.25, 0.3) is 5.69 Å². The first kappa shape index (κ1) is 14.5. The minimum absolute atomic E-state index is 0.0378. The lowest BCUT2D eigenvalue weighted by Crippen LogP contribution is -2.33. The molecule has 0 aromatic carbocycles. The first-order chi connectivity index (χ1) is 9.56. The van der Waals surface area contributed by atoms with Crippen LogP contribution in [0.5, 0.6) is 0 Å². The number of pyridine rings is 1. The molecule has 1 aromatic rings. The molecule has 20 heavy (non-hydrogen) atoms. The summed E-state index contributed by atoms with van der Waals surface area (Å²) in [5, 5.41) is 13.8. The second-order valence-corrected chi connectivity index (χ2v) is 5.24. The van der Waals surface area contributed by atoms with E-state index in [4.69, 9.17) is 5.73 Å². The lowest BCUT2D eigenvalue weighted by atomic mass is 10.2. The Morgan fingerprint density at radius 1 is 1.50 bits per heavy atom. The van der Waals surface area contributed by atoms with Crippen molar-refractivity contribution in [2.45, 2.75) is 31.7 Å². The lowest BCUT2D eigenvalue weighted by molar-refractivity contribution is -0.384. The van der Waals surface area contributed by atoms with E-state index in [0.29, 0.717) is 18.4 Å². The van der Waals surface area contributed by atoms with Crippen LogP contribution in [0.25, 0.3) is 0 Å². The molecule has 1 aromatic heterocycles. The summed E-state index contributed by atoms with van der Waals surface area (Å²) in [6.45, 7) is 1.58. The fourth-order valence-corrected chi connectivity index (χ4v) is 2.62. The number of nitrogens with zero attached hydrogens (tertiary/aromatic N) is 3. The third-order valence-corrected chi connectivity index (χ3v) is 3.76. The standard InChI is InChI=1S/C13H21N5O2/c1-17(10-4-2-3-5-10)7-6-15-13-9-11(18(19)20)8-12(14)16-13/h8-10H,2-7H2,1H3,(H3,14,15,16). The number of nitrogens with one attached hydrogen (secondary N) is 1. The maximum Gasteiger partial charge on any atom is 0.276 e. The van der Waals surface area contributed by atoms with E-state index in [2.05, 4.69) is 22.2 Å². The Bertz CT molecular complexity index is 474. The number of nitrogen functional groups attached to an aromatic ring is 1. The van der Waals surface area contributed by atoms with Gasteiger partial charge in [0.15, 0.2) is 0 Å². The van der Waals surface area contributed by atoms with E-state index >= 15 is 0 Å². The van der Waals surface area contributed by atoms with Gasteiger partial charge >= 0.3 is 0 Å². The Hall–Kier alpha value is -1.89. The molecule has 0 unspecified atom stereocenters. The monoisotopic (exact) mass is 279 g/mol. The predicted molar refractivity (Wildman–Crippen MR) is 78.7 cm³/mol. The molecule has 7 heteroatoms. The zero-order valence-corrected chi connectivity index (χ0v) is 11.7. The summed E-state index contributed by atoms with van der Waals surface area (Å²) in [5.41, 5.74) is 5.52. The molecule has 0 saturated heterocycles. The summed E-state index contributed by atoms with van der Waals surface area (Å²) in [4.78, 5) is 16.7. The van der Waals surface area contributed by atoms with Gasteiger partial charge in [-0.05, 0) is 19.9 Å². The van der Waals surface area contributed by atoms with Gasteiger partial charge in [0.05, 0.1) is 17.1 Å². The molecule has 0 aliphatic heterocycles. The Balaban J connectivity index is 1.85. The first-order valence-corrected chi connectivity index (χ1v) is 6.92. The van der Waals surface area contributed by atoms with Crippen LogP contribution in [0.15, 0.2) is 12.1 Å². The highest BCUT2D eigenvalue weighted by Gasteiger charge is 2.18. The zero-order chi connectivity index (χ0) is 14.5. The van der Waals surface area contributed by atoms with E-state index in [1.165, 1.54) is 37.8 Å². The van der Waals surface area contributed by atoms with Gasteiger partial charge in [-0.25, -0.2) is 4.98 Å². The van der Waals surface area contributed by atoms with Gasteiger partial charge in [0.2, 0.25) is 0 Å². The SMILES string of the molecule is CN(CCNc1cc([N+](=O)[O-])cc(N)n1)C1CCCC1. The third-order valence-electron chi connectivity index (χ3n) is 3.76. The maximum absolute atomic E-state index is 10.7. The highest BCUT2D eigenvalue weighted by atomic mass is 16.6. The van der Waals surface area contributed by atoms with Crippen LogP contribution in [0.3, 0.4) is 0 Å². The molecule has 0 radical (unpaired) electrons. The largest absolute Gasteiger partial charge is 0.383 e. The normalized spacial score (nSPS) is 15.7. The summed E-state index contributed by atoms with van der Waals surface area (Å²) in [6, 6.07) is 3.34. The molecule has 0 amide bonds. The molecule has 2 rings (SSSR count). The lowest BCUT2D eigenvalue weighted by Gasteiger charge is -2.24. The second-order valence-electron chi connectivity index (χ2n) is 5.24. The maximum atomic E-state index is 10.7. The number of anilines is 2. The molecular weight excluding hydrogens is 258 g/mol. The van der Waals surface area contributed by atoms with Crippen LogP contribution < -0.4 is 11.1 Å². The van der Waals surface area contributed by atoms with Gasteiger partial charge in [-0.3, -0.25) is 10.1 Å². The second kappa shape index (κ2) is 6.51. The quantitative estimate of drug-likeness (QED) is 0.609. The molecule has 1 aliphatic rings. The summed E-state index contributed by atoms with van der Waals surface area (Å²) in [6.07, 6.45) is 5.15. The van der Waals surface area contributed by atoms with Crippen molar-refractivity contribution in [1.29, 1.82) is 0 Å². The molecular formula is C13H21N5O2. The van der Waals surface area contributed by atoms with E-state index < -0.39 is 4.92 Å². The van der Waals surface area contributed by atoms with Gasteiger partial charge in [0, 0.05) is 19.1 Å². The molecule has 1 heterocycles. The number of nitro groups is 1. The minimum Gasteiger partial charge on any atom is -0.383 e. The van der Waals surface area contributed by atoms with E-state index in [-0.39, 0.29) is 11.5 Å². The molecule has 0 spiro atoms. The van der Waals surface area contributed by atoms with Crippen molar-refractivity contribution in [2.24, 2.45) is 0 Å². The number of aromatic nitrogens is 1. The smallest absolute Gasteiger partial charge is 0.276 e. The number of rotatable bonds is 6. The van der Waals surface area contributed by atoms with E-state index in [1.54, 1.807) is 0 Å². The third kappa shape index (κ3) is 3.80. The van der Waals surface area contributed by atoms with Crippen LogP contribution >= 0.6 is 0 Å². The van der Waals surface area contributed by atoms with Crippen molar-refractivity contribution in [2.75, 3.05) is 31.2 Å². The zero-order valence-electron chi connectivity index (χ0n) is 11.7. The van der Waals surface area contributed by atoms with Crippen LogP contribution in [0, 0.1) is 10.1 Å². The Morgan fingerprint density at radius 2 is 2.20 bits per heavy atom. The molecule has 7 nitrogen and oxygen atoms in total. The fraction of sp³-hybridized carbons (Fsp3) is 0.615. The fourth-order valence-electron chi connectivity index (χ4n) is 2.62. The van der Waals surface area contributed by atoms with Crippen molar-refractivity contribution in [3.05, 3.63) is 22.2 Å². The van der Waals surface area contributed by atoms with E-state index in [1.807, 2.05) is 0 Å². The molecule has 110 valence electrons. The van der Waals surface area contributed by atoms with Crippen molar-refractivity contribution < 1.29 is 4.92 Å². The van der Waals surface area contributed by atoms with Crippen LogP contribution in [0.2, 0.25) is 0 Å². The topological polar surface area (TPSA) is 97.3 Å². The van der Waals surface area contributed by atoms with Crippen molar-refractivity contribution in [1.82, 2.24) is 9.88 Å². The Labute approximate surface area is 118 Å². The molecule has 0 atom stereocenters. The average Bonchev–Trinajstić information content (AvgIpc) is 2.91. The number of hydrogen-bond acceptors (Lipinski definition) is 6. The van der Waals surface area contributed by atoms with Crippen LogP contribution in [0.4, 0.5) is 17.3 Å². The highest BCUT2D eigenvalue weighted by Crippen LogP contribution is 2.22. The van der Waals surface area contributed by atoms with Crippen LogP contribution in [0.1, 0.15) is 25.7 Å². The van der Waals surface area contributed by atoms with E-state index in [0.717, 1.165) is 6.54 Å². The summed E-state index contributed by atoms with van der Waals surface area (Å²) in [7, 11) is 2.12. The summed E-state index contributed by atoms with van der Waals surface area (Å²) >= 11 is 0. The Kier molecular flexibility index (Phi) is 4.73. The molecule has 3 N–H and O–H groups in total.